The molecule has 2 aromatic rings. The van der Waals surface area contributed by atoms with Crippen LogP contribution in [0.5, 0.6) is 0 Å². The number of aromatic nitrogens is 2. The van der Waals surface area contributed by atoms with E-state index in [0.717, 1.165) is 0 Å². The van der Waals surface area contributed by atoms with Crippen molar-refractivity contribution in [3.05, 3.63) is 44.9 Å². The number of rotatable bonds is 3. The number of anilines is 1. The average Bonchev–Trinajstić information content (AvgIpc) is 2.37. The Kier molecular flexibility index (Phi) is 3.67. The first kappa shape index (κ1) is 15.0. The normalized spacial score (nSPS) is 13.1. The molecule has 0 fully saturated rings. The Hall–Kier alpha value is -2.44. The molecular formula is C14H18N4O3. The van der Waals surface area contributed by atoms with Gasteiger partial charge in [-0.05, 0) is 24.5 Å². The van der Waals surface area contributed by atoms with Crippen molar-refractivity contribution in [2.24, 2.45) is 5.41 Å². The van der Waals surface area contributed by atoms with Crippen molar-refractivity contribution in [2.75, 3.05) is 5.32 Å². The Morgan fingerprint density at radius 3 is 2.62 bits per heavy atom. The van der Waals surface area contributed by atoms with E-state index in [-0.39, 0.29) is 17.3 Å². The zero-order chi connectivity index (χ0) is 15.8. The summed E-state index contributed by atoms with van der Waals surface area (Å²) in [5, 5.41) is 14.2. The third kappa shape index (κ3) is 2.86. The van der Waals surface area contributed by atoms with E-state index in [1.54, 1.807) is 18.2 Å². The van der Waals surface area contributed by atoms with E-state index in [9.17, 15) is 14.9 Å². The van der Waals surface area contributed by atoms with Crippen molar-refractivity contribution >= 4 is 17.2 Å². The van der Waals surface area contributed by atoms with E-state index >= 15 is 0 Å². The van der Waals surface area contributed by atoms with E-state index in [2.05, 4.69) is 10.3 Å². The Bertz CT molecular complexity index is 746. The molecule has 1 atom stereocenters. The topological polar surface area (TPSA) is 89.5 Å². The molecule has 1 N–H and O–H groups in total. The second kappa shape index (κ2) is 5.16. The Balaban J connectivity index is 2.64. The summed E-state index contributed by atoms with van der Waals surface area (Å²) in [6, 6.07) is 4.90. The molecule has 112 valence electrons. The highest BCUT2D eigenvalue weighted by Gasteiger charge is 2.27. The van der Waals surface area contributed by atoms with Crippen LogP contribution >= 0.6 is 0 Å². The van der Waals surface area contributed by atoms with Gasteiger partial charge in [-0.1, -0.05) is 26.8 Å². The molecule has 0 bridgehead atoms. The van der Waals surface area contributed by atoms with Crippen LogP contribution in [0.15, 0.2) is 29.2 Å². The summed E-state index contributed by atoms with van der Waals surface area (Å²) in [5.74, 6) is 0.0126. The summed E-state index contributed by atoms with van der Waals surface area (Å²) < 4.78 is 1.17. The molecule has 0 aromatic carbocycles. The SMILES string of the molecule is CC(Nc1nc2ccccn2c(=O)c1[N+](=O)[O-])C(C)(C)C. The summed E-state index contributed by atoms with van der Waals surface area (Å²) in [7, 11) is 0. The highest BCUT2D eigenvalue weighted by atomic mass is 16.6. The van der Waals surface area contributed by atoms with Gasteiger partial charge in [0, 0.05) is 12.2 Å². The molecule has 1 unspecified atom stereocenters. The molecule has 0 radical (unpaired) electrons. The van der Waals surface area contributed by atoms with E-state index in [1.807, 2.05) is 27.7 Å². The molecule has 0 aliphatic carbocycles. The molecule has 2 aromatic heterocycles. The number of fused-ring (bicyclic) bond motifs is 1. The third-order valence-electron chi connectivity index (χ3n) is 3.55. The van der Waals surface area contributed by atoms with Crippen molar-refractivity contribution in [1.29, 1.82) is 0 Å². The predicted molar refractivity (Wildman–Crippen MR) is 80.7 cm³/mol. The number of hydrogen-bond donors (Lipinski definition) is 1. The Morgan fingerprint density at radius 2 is 2.05 bits per heavy atom. The van der Waals surface area contributed by atoms with E-state index < -0.39 is 16.2 Å². The van der Waals surface area contributed by atoms with Gasteiger partial charge in [-0.15, -0.1) is 0 Å². The van der Waals surface area contributed by atoms with Crippen molar-refractivity contribution in [2.45, 2.75) is 33.7 Å². The van der Waals surface area contributed by atoms with Crippen LogP contribution in [-0.2, 0) is 0 Å². The summed E-state index contributed by atoms with van der Waals surface area (Å²) >= 11 is 0. The van der Waals surface area contributed by atoms with Crippen LogP contribution in [0.4, 0.5) is 11.5 Å². The van der Waals surface area contributed by atoms with Gasteiger partial charge in [0.15, 0.2) is 0 Å². The first-order chi connectivity index (χ1) is 9.71. The Labute approximate surface area is 121 Å². The molecule has 0 saturated heterocycles. The number of nitrogens with one attached hydrogen (secondary N) is 1. The lowest BCUT2D eigenvalue weighted by Crippen LogP contribution is -2.32. The largest absolute Gasteiger partial charge is 0.376 e. The van der Waals surface area contributed by atoms with Crippen molar-refractivity contribution in [3.63, 3.8) is 0 Å². The van der Waals surface area contributed by atoms with Crippen molar-refractivity contribution < 1.29 is 4.92 Å². The van der Waals surface area contributed by atoms with Crippen LogP contribution in [0.25, 0.3) is 5.65 Å². The minimum atomic E-state index is -0.688. The summed E-state index contributed by atoms with van der Waals surface area (Å²) in [6.07, 6.45) is 1.47. The molecule has 0 aliphatic heterocycles. The van der Waals surface area contributed by atoms with Gasteiger partial charge in [0.2, 0.25) is 5.82 Å². The molecule has 2 rings (SSSR count). The zero-order valence-corrected chi connectivity index (χ0v) is 12.5. The lowest BCUT2D eigenvalue weighted by molar-refractivity contribution is -0.385. The summed E-state index contributed by atoms with van der Waals surface area (Å²) in [4.78, 5) is 27.0. The molecule has 0 saturated carbocycles. The van der Waals surface area contributed by atoms with E-state index in [4.69, 9.17) is 0 Å². The van der Waals surface area contributed by atoms with Crippen LogP contribution in [0.3, 0.4) is 0 Å². The van der Waals surface area contributed by atoms with Crippen molar-refractivity contribution in [1.82, 2.24) is 9.38 Å². The van der Waals surface area contributed by atoms with Crippen LogP contribution in [-0.4, -0.2) is 20.3 Å². The second-order valence-electron chi connectivity index (χ2n) is 6.03. The predicted octanol–water partition coefficient (Wildman–Crippen LogP) is 2.45. The molecule has 21 heavy (non-hydrogen) atoms. The maximum absolute atomic E-state index is 12.3. The fraction of sp³-hybridized carbons (Fsp3) is 0.429. The molecule has 0 spiro atoms. The molecule has 0 aliphatic rings. The van der Waals surface area contributed by atoms with Gasteiger partial charge in [0.05, 0.1) is 4.92 Å². The molecule has 7 nitrogen and oxygen atoms in total. The fourth-order valence-electron chi connectivity index (χ4n) is 1.77. The summed E-state index contributed by atoms with van der Waals surface area (Å²) in [6.45, 7) is 7.91. The quantitative estimate of drug-likeness (QED) is 0.692. The van der Waals surface area contributed by atoms with Crippen LogP contribution in [0.2, 0.25) is 0 Å². The first-order valence-corrected chi connectivity index (χ1v) is 6.64. The van der Waals surface area contributed by atoms with Gasteiger partial charge in [0.25, 0.3) is 0 Å². The number of hydrogen-bond acceptors (Lipinski definition) is 5. The highest BCUT2D eigenvalue weighted by molar-refractivity contribution is 5.60. The van der Waals surface area contributed by atoms with Gasteiger partial charge in [-0.2, -0.15) is 0 Å². The fourth-order valence-corrected chi connectivity index (χ4v) is 1.77. The smallest absolute Gasteiger partial charge is 0.361 e. The third-order valence-corrected chi connectivity index (χ3v) is 3.55. The number of nitro groups is 1. The number of pyridine rings is 1. The second-order valence-corrected chi connectivity index (χ2v) is 6.03. The Morgan fingerprint density at radius 1 is 1.38 bits per heavy atom. The van der Waals surface area contributed by atoms with Crippen LogP contribution in [0.1, 0.15) is 27.7 Å². The van der Waals surface area contributed by atoms with Gasteiger partial charge >= 0.3 is 11.2 Å². The van der Waals surface area contributed by atoms with Crippen LogP contribution in [0, 0.1) is 15.5 Å². The minimum Gasteiger partial charge on any atom is -0.361 e. The molecule has 0 amide bonds. The van der Waals surface area contributed by atoms with E-state index in [0.29, 0.717) is 5.65 Å². The first-order valence-electron chi connectivity index (χ1n) is 6.64. The lowest BCUT2D eigenvalue weighted by Gasteiger charge is -2.28. The highest BCUT2D eigenvalue weighted by Crippen LogP contribution is 2.25. The maximum atomic E-state index is 12.3. The van der Waals surface area contributed by atoms with Gasteiger partial charge in [-0.25, -0.2) is 4.98 Å². The van der Waals surface area contributed by atoms with Crippen LogP contribution < -0.4 is 10.9 Å². The van der Waals surface area contributed by atoms with Gasteiger partial charge < -0.3 is 5.32 Å². The van der Waals surface area contributed by atoms with Gasteiger partial charge in [0.1, 0.15) is 5.65 Å². The zero-order valence-electron chi connectivity index (χ0n) is 12.5. The summed E-state index contributed by atoms with van der Waals surface area (Å²) in [5.41, 5.74) is -0.974. The molecule has 2 heterocycles. The lowest BCUT2D eigenvalue weighted by atomic mass is 9.88. The minimum absolute atomic E-state index is 0.0126. The molecule has 7 heteroatoms. The van der Waals surface area contributed by atoms with Gasteiger partial charge in [-0.3, -0.25) is 19.3 Å². The van der Waals surface area contributed by atoms with Crippen molar-refractivity contribution in [3.8, 4) is 0 Å². The standard InChI is InChI=1S/C14H18N4O3/c1-9(14(2,3)4)15-12-11(18(20)21)13(19)17-8-6-5-7-10(17)16-12/h5-9,15H,1-4H3. The van der Waals surface area contributed by atoms with E-state index in [1.165, 1.54) is 10.6 Å². The molecular weight excluding hydrogens is 272 g/mol. The average molecular weight is 290 g/mol. The monoisotopic (exact) mass is 290 g/mol. The number of nitrogens with zero attached hydrogens (tertiary/aromatic N) is 3. The maximum Gasteiger partial charge on any atom is 0.376 e.